The average molecular weight is 226 g/mol. The Bertz CT molecular complexity index is 245. The minimum atomic E-state index is -3.09. The summed E-state index contributed by atoms with van der Waals surface area (Å²) >= 11 is 5.66. The van der Waals surface area contributed by atoms with Crippen molar-refractivity contribution in [2.24, 2.45) is 0 Å². The molecule has 1 unspecified atom stereocenters. The Labute approximate surface area is 84.9 Å². The van der Waals surface area contributed by atoms with Crippen molar-refractivity contribution in [3.63, 3.8) is 0 Å². The maximum atomic E-state index is 11.6. The Morgan fingerprint density at radius 2 is 2.00 bits per heavy atom. The molecule has 0 aliphatic heterocycles. The van der Waals surface area contributed by atoms with Crippen LogP contribution in [0, 0.1) is 0 Å². The van der Waals surface area contributed by atoms with E-state index in [-0.39, 0.29) is 10.6 Å². The van der Waals surface area contributed by atoms with E-state index in [4.69, 9.17) is 11.6 Å². The molecule has 0 aromatic carbocycles. The molecule has 0 amide bonds. The third kappa shape index (κ3) is 3.44. The lowest BCUT2D eigenvalue weighted by Crippen LogP contribution is -2.35. The van der Waals surface area contributed by atoms with Gasteiger partial charge in [0.25, 0.3) is 0 Å². The van der Waals surface area contributed by atoms with E-state index in [0.29, 0.717) is 6.54 Å². The summed E-state index contributed by atoms with van der Waals surface area (Å²) in [7, 11) is -3.09. The zero-order valence-corrected chi connectivity index (χ0v) is 9.37. The van der Waals surface area contributed by atoms with Gasteiger partial charge in [-0.05, 0) is 19.8 Å². The number of sulfonamides is 1. The number of hydrogen-bond acceptors (Lipinski definition) is 2. The molecule has 1 N–H and O–H groups in total. The van der Waals surface area contributed by atoms with E-state index in [1.807, 2.05) is 0 Å². The molecule has 13 heavy (non-hydrogen) atoms. The molecule has 0 spiro atoms. The third-order valence-electron chi connectivity index (χ3n) is 2.31. The van der Waals surface area contributed by atoms with Crippen molar-refractivity contribution in [1.82, 2.24) is 4.72 Å². The van der Waals surface area contributed by atoms with Gasteiger partial charge in [-0.2, -0.15) is 0 Å². The Morgan fingerprint density at radius 3 is 2.46 bits per heavy atom. The molecular weight excluding hydrogens is 210 g/mol. The highest BCUT2D eigenvalue weighted by atomic mass is 35.5. The van der Waals surface area contributed by atoms with Crippen LogP contribution < -0.4 is 4.72 Å². The minimum Gasteiger partial charge on any atom is -0.214 e. The summed E-state index contributed by atoms with van der Waals surface area (Å²) in [5.74, 6) is 0. The molecule has 0 aromatic rings. The van der Waals surface area contributed by atoms with Gasteiger partial charge in [0.15, 0.2) is 0 Å². The lowest BCUT2D eigenvalue weighted by atomic mass is 10.4. The van der Waals surface area contributed by atoms with Crippen LogP contribution in [0.4, 0.5) is 0 Å². The molecule has 3 nitrogen and oxygen atoms in total. The smallest absolute Gasteiger partial charge is 0.214 e. The Kier molecular flexibility index (Phi) is 4.01. The maximum Gasteiger partial charge on any atom is 0.214 e. The molecule has 0 radical (unpaired) electrons. The van der Waals surface area contributed by atoms with E-state index in [2.05, 4.69) is 4.72 Å². The summed E-state index contributed by atoms with van der Waals surface area (Å²) in [6.45, 7) is 2.11. The molecule has 5 heteroatoms. The van der Waals surface area contributed by atoms with Crippen molar-refractivity contribution < 1.29 is 8.42 Å². The highest BCUT2D eigenvalue weighted by Crippen LogP contribution is 2.23. The van der Waals surface area contributed by atoms with Crippen LogP contribution in [0.15, 0.2) is 0 Å². The molecule has 0 heterocycles. The van der Waals surface area contributed by atoms with Crippen LogP contribution in [0.5, 0.6) is 0 Å². The van der Waals surface area contributed by atoms with Crippen LogP contribution in [0.25, 0.3) is 0 Å². The number of nitrogens with one attached hydrogen (secondary N) is 1. The maximum absolute atomic E-state index is 11.6. The Morgan fingerprint density at radius 1 is 1.46 bits per heavy atom. The molecule has 1 atom stereocenters. The molecule has 0 bridgehead atoms. The van der Waals surface area contributed by atoms with Crippen LogP contribution in [0.1, 0.15) is 32.6 Å². The predicted molar refractivity (Wildman–Crippen MR) is 54.5 cm³/mol. The van der Waals surface area contributed by atoms with Crippen molar-refractivity contribution >= 4 is 21.6 Å². The van der Waals surface area contributed by atoms with Crippen LogP contribution >= 0.6 is 11.6 Å². The van der Waals surface area contributed by atoms with Crippen LogP contribution in [-0.4, -0.2) is 25.6 Å². The lowest BCUT2D eigenvalue weighted by Gasteiger charge is -2.12. The van der Waals surface area contributed by atoms with E-state index >= 15 is 0 Å². The molecule has 0 saturated heterocycles. The summed E-state index contributed by atoms with van der Waals surface area (Å²) in [5.41, 5.74) is 0. The van der Waals surface area contributed by atoms with Gasteiger partial charge in [-0.15, -0.1) is 11.6 Å². The van der Waals surface area contributed by atoms with E-state index in [0.717, 1.165) is 25.7 Å². The van der Waals surface area contributed by atoms with Gasteiger partial charge in [0, 0.05) is 11.9 Å². The van der Waals surface area contributed by atoms with E-state index in [1.54, 1.807) is 6.92 Å². The monoisotopic (exact) mass is 225 g/mol. The topological polar surface area (TPSA) is 46.2 Å². The molecule has 1 rings (SSSR count). The zero-order valence-electron chi connectivity index (χ0n) is 7.79. The Balaban J connectivity index is 2.45. The molecule has 78 valence electrons. The van der Waals surface area contributed by atoms with Crippen molar-refractivity contribution in [3.8, 4) is 0 Å². The number of rotatable bonds is 4. The van der Waals surface area contributed by atoms with Gasteiger partial charge in [0.2, 0.25) is 10.0 Å². The summed E-state index contributed by atoms with van der Waals surface area (Å²) < 4.78 is 25.7. The largest absolute Gasteiger partial charge is 0.214 e. The summed E-state index contributed by atoms with van der Waals surface area (Å²) in [5, 5.41) is -0.320. The highest BCUT2D eigenvalue weighted by Gasteiger charge is 2.28. The first kappa shape index (κ1) is 11.3. The van der Waals surface area contributed by atoms with Gasteiger partial charge in [-0.1, -0.05) is 12.8 Å². The summed E-state index contributed by atoms with van der Waals surface area (Å²) in [6.07, 6.45) is 3.65. The van der Waals surface area contributed by atoms with Crippen LogP contribution in [-0.2, 0) is 10.0 Å². The molecule has 1 fully saturated rings. The van der Waals surface area contributed by atoms with E-state index in [9.17, 15) is 8.42 Å². The van der Waals surface area contributed by atoms with Gasteiger partial charge >= 0.3 is 0 Å². The van der Waals surface area contributed by atoms with E-state index in [1.165, 1.54) is 0 Å². The Hall–Kier alpha value is 0.200. The van der Waals surface area contributed by atoms with Crippen molar-refractivity contribution in [2.75, 3.05) is 6.54 Å². The molecule has 1 aliphatic rings. The van der Waals surface area contributed by atoms with Gasteiger partial charge < -0.3 is 0 Å². The number of hydrogen-bond donors (Lipinski definition) is 1. The molecular formula is C8H16ClNO2S. The first-order valence-corrected chi connectivity index (χ1v) is 6.63. The minimum absolute atomic E-state index is 0.142. The fourth-order valence-corrected chi connectivity index (χ4v) is 3.39. The second-order valence-electron chi connectivity index (χ2n) is 3.58. The van der Waals surface area contributed by atoms with Crippen LogP contribution in [0.3, 0.4) is 0 Å². The van der Waals surface area contributed by atoms with Crippen molar-refractivity contribution in [3.05, 3.63) is 0 Å². The fraction of sp³-hybridized carbons (Fsp3) is 1.00. The van der Waals surface area contributed by atoms with Gasteiger partial charge in [0.1, 0.15) is 0 Å². The van der Waals surface area contributed by atoms with Gasteiger partial charge in [0.05, 0.1) is 5.25 Å². The second-order valence-corrected chi connectivity index (χ2v) is 6.37. The molecule has 1 saturated carbocycles. The van der Waals surface area contributed by atoms with Crippen molar-refractivity contribution in [2.45, 2.75) is 43.2 Å². The van der Waals surface area contributed by atoms with E-state index < -0.39 is 10.0 Å². The van der Waals surface area contributed by atoms with Crippen molar-refractivity contribution in [1.29, 1.82) is 0 Å². The average Bonchev–Trinajstić information content (AvgIpc) is 2.53. The fourth-order valence-electron chi connectivity index (χ4n) is 1.55. The third-order valence-corrected chi connectivity index (χ3v) is 4.38. The summed E-state index contributed by atoms with van der Waals surface area (Å²) in [6, 6.07) is 0. The number of halogens is 1. The van der Waals surface area contributed by atoms with Gasteiger partial charge in [-0.3, -0.25) is 0 Å². The molecule has 1 aliphatic carbocycles. The SMILES string of the molecule is CC(Cl)CNS(=O)(=O)C1CCCC1. The number of alkyl halides is 1. The molecule has 0 aromatic heterocycles. The highest BCUT2D eigenvalue weighted by molar-refractivity contribution is 7.90. The van der Waals surface area contributed by atoms with Gasteiger partial charge in [-0.25, -0.2) is 13.1 Å². The second kappa shape index (κ2) is 4.62. The first-order valence-electron chi connectivity index (χ1n) is 4.65. The summed E-state index contributed by atoms with van der Waals surface area (Å²) in [4.78, 5) is 0. The zero-order chi connectivity index (χ0) is 9.90. The standard InChI is InChI=1S/C8H16ClNO2S/c1-7(9)6-10-13(11,12)8-4-2-3-5-8/h7-8,10H,2-6H2,1H3. The van der Waals surface area contributed by atoms with Crippen LogP contribution in [0.2, 0.25) is 0 Å². The first-order chi connectivity index (χ1) is 6.02. The lowest BCUT2D eigenvalue weighted by molar-refractivity contribution is 0.564. The normalized spacial score (nSPS) is 22.0. The quantitative estimate of drug-likeness (QED) is 0.737. The predicted octanol–water partition coefficient (Wildman–Crippen LogP) is 1.48.